The standard InChI is InChI=1S/C12H12O2/c13-9-10-4-3-7-14-12-6-2-1-5-11(12)8-10/h1-6,8,13H,7,9H2/b4-3-,10-8+. The zero-order chi connectivity index (χ0) is 9.80. The van der Waals surface area contributed by atoms with Crippen LogP contribution in [0.4, 0.5) is 0 Å². The Morgan fingerprint density at radius 3 is 3.00 bits per heavy atom. The number of hydrogen-bond donors (Lipinski definition) is 1. The number of fused-ring (bicyclic) bond motifs is 1. The van der Waals surface area contributed by atoms with E-state index in [9.17, 15) is 0 Å². The van der Waals surface area contributed by atoms with E-state index in [1.165, 1.54) is 0 Å². The third-order valence-corrected chi connectivity index (χ3v) is 2.11. The quantitative estimate of drug-likeness (QED) is 0.730. The molecule has 1 aromatic carbocycles. The summed E-state index contributed by atoms with van der Waals surface area (Å²) in [6, 6.07) is 7.81. The van der Waals surface area contributed by atoms with Crippen LogP contribution in [-0.4, -0.2) is 18.3 Å². The summed E-state index contributed by atoms with van der Waals surface area (Å²) in [6.45, 7) is 0.610. The lowest BCUT2D eigenvalue weighted by Crippen LogP contribution is -1.99. The summed E-state index contributed by atoms with van der Waals surface area (Å²) in [5, 5.41) is 9.07. The van der Waals surface area contributed by atoms with Crippen molar-refractivity contribution in [2.24, 2.45) is 0 Å². The third kappa shape index (κ3) is 1.86. The van der Waals surface area contributed by atoms with Crippen LogP contribution in [0.5, 0.6) is 5.75 Å². The molecule has 0 aromatic heterocycles. The van der Waals surface area contributed by atoms with Crippen molar-refractivity contribution in [3.63, 3.8) is 0 Å². The average molecular weight is 188 g/mol. The van der Waals surface area contributed by atoms with Gasteiger partial charge in [0.15, 0.2) is 0 Å². The average Bonchev–Trinajstić information content (AvgIpc) is 2.19. The lowest BCUT2D eigenvalue weighted by molar-refractivity contribution is 0.334. The number of benzene rings is 1. The van der Waals surface area contributed by atoms with Crippen LogP contribution >= 0.6 is 0 Å². The van der Waals surface area contributed by atoms with Crippen molar-refractivity contribution in [1.82, 2.24) is 0 Å². The van der Waals surface area contributed by atoms with Gasteiger partial charge in [0.05, 0.1) is 6.61 Å². The maximum absolute atomic E-state index is 9.07. The Hall–Kier alpha value is -1.54. The Bertz CT molecular complexity index is 378. The first kappa shape index (κ1) is 9.03. The van der Waals surface area contributed by atoms with Gasteiger partial charge in [0, 0.05) is 5.56 Å². The van der Waals surface area contributed by atoms with Gasteiger partial charge in [0.2, 0.25) is 0 Å². The van der Waals surface area contributed by atoms with Gasteiger partial charge in [-0.1, -0.05) is 24.3 Å². The maximum Gasteiger partial charge on any atom is 0.127 e. The normalized spacial score (nSPS) is 20.8. The van der Waals surface area contributed by atoms with E-state index in [1.54, 1.807) is 0 Å². The predicted octanol–water partition coefficient (Wildman–Crippen LogP) is 2.01. The zero-order valence-electron chi connectivity index (χ0n) is 7.81. The topological polar surface area (TPSA) is 29.5 Å². The molecule has 1 aliphatic heterocycles. The molecule has 14 heavy (non-hydrogen) atoms. The summed E-state index contributed by atoms with van der Waals surface area (Å²) in [4.78, 5) is 0. The predicted molar refractivity (Wildman–Crippen MR) is 56.1 cm³/mol. The molecule has 0 spiro atoms. The van der Waals surface area contributed by atoms with Gasteiger partial charge in [-0.2, -0.15) is 0 Å². The van der Waals surface area contributed by atoms with E-state index in [0.29, 0.717) is 6.61 Å². The first-order chi connectivity index (χ1) is 6.90. The fraction of sp³-hybridized carbons (Fsp3) is 0.167. The molecular weight excluding hydrogens is 176 g/mol. The van der Waals surface area contributed by atoms with Gasteiger partial charge in [-0.15, -0.1) is 0 Å². The van der Waals surface area contributed by atoms with Crippen LogP contribution in [0.25, 0.3) is 6.08 Å². The van der Waals surface area contributed by atoms with Crippen molar-refractivity contribution in [2.45, 2.75) is 0 Å². The number of hydrogen-bond acceptors (Lipinski definition) is 2. The largest absolute Gasteiger partial charge is 0.489 e. The fourth-order valence-corrected chi connectivity index (χ4v) is 1.41. The van der Waals surface area contributed by atoms with E-state index in [-0.39, 0.29) is 6.61 Å². The molecule has 0 saturated heterocycles. The third-order valence-electron chi connectivity index (χ3n) is 2.11. The maximum atomic E-state index is 9.07. The minimum Gasteiger partial charge on any atom is -0.489 e. The Morgan fingerprint density at radius 1 is 1.29 bits per heavy atom. The lowest BCUT2D eigenvalue weighted by Gasteiger charge is -2.10. The van der Waals surface area contributed by atoms with Crippen LogP contribution < -0.4 is 4.74 Å². The smallest absolute Gasteiger partial charge is 0.127 e. The highest BCUT2D eigenvalue weighted by Crippen LogP contribution is 2.22. The molecule has 0 aliphatic carbocycles. The second kappa shape index (κ2) is 4.11. The van der Waals surface area contributed by atoms with Crippen LogP contribution in [0, 0.1) is 0 Å². The highest BCUT2D eigenvalue weighted by molar-refractivity contribution is 5.62. The van der Waals surface area contributed by atoms with Crippen LogP contribution in [0.15, 0.2) is 42.0 Å². The summed E-state index contributed by atoms with van der Waals surface area (Å²) in [7, 11) is 0. The van der Waals surface area contributed by atoms with Gasteiger partial charge in [0.25, 0.3) is 0 Å². The minimum atomic E-state index is 0.0604. The second-order valence-electron chi connectivity index (χ2n) is 3.13. The summed E-state index contributed by atoms with van der Waals surface area (Å²) < 4.78 is 5.51. The second-order valence-corrected chi connectivity index (χ2v) is 3.13. The SMILES string of the molecule is OCC1=C/c2ccccc2OC/C=C\1. The highest BCUT2D eigenvalue weighted by Gasteiger charge is 2.02. The van der Waals surface area contributed by atoms with Gasteiger partial charge in [-0.25, -0.2) is 0 Å². The summed E-state index contributed by atoms with van der Waals surface area (Å²) in [5.41, 5.74) is 1.92. The van der Waals surface area contributed by atoms with Crippen molar-refractivity contribution < 1.29 is 9.84 Å². The molecule has 2 rings (SSSR count). The van der Waals surface area contributed by atoms with E-state index in [1.807, 2.05) is 42.5 Å². The Morgan fingerprint density at radius 2 is 2.14 bits per heavy atom. The lowest BCUT2D eigenvalue weighted by atomic mass is 10.1. The molecule has 1 aliphatic rings. The van der Waals surface area contributed by atoms with E-state index >= 15 is 0 Å². The molecule has 0 atom stereocenters. The highest BCUT2D eigenvalue weighted by atomic mass is 16.5. The van der Waals surface area contributed by atoms with Gasteiger partial charge in [-0.3, -0.25) is 0 Å². The first-order valence-electron chi connectivity index (χ1n) is 4.60. The summed E-state index contributed by atoms with van der Waals surface area (Å²) >= 11 is 0. The Labute approximate surface area is 83.1 Å². The molecule has 0 fully saturated rings. The van der Waals surface area contributed by atoms with Gasteiger partial charge in [0.1, 0.15) is 12.4 Å². The monoisotopic (exact) mass is 188 g/mol. The molecule has 2 nitrogen and oxygen atoms in total. The summed E-state index contributed by atoms with van der Waals surface area (Å²) in [6.07, 6.45) is 5.72. The number of para-hydroxylation sites is 1. The molecule has 1 aromatic rings. The molecule has 0 unspecified atom stereocenters. The van der Waals surface area contributed by atoms with Crippen molar-refractivity contribution in [1.29, 1.82) is 0 Å². The Kier molecular flexibility index (Phi) is 2.65. The van der Waals surface area contributed by atoms with E-state index in [2.05, 4.69) is 0 Å². The molecule has 2 heteroatoms. The van der Waals surface area contributed by atoms with Crippen molar-refractivity contribution in [2.75, 3.05) is 13.2 Å². The van der Waals surface area contributed by atoms with E-state index < -0.39 is 0 Å². The van der Waals surface area contributed by atoms with Gasteiger partial charge >= 0.3 is 0 Å². The van der Waals surface area contributed by atoms with Crippen molar-refractivity contribution in [3.05, 3.63) is 47.6 Å². The molecule has 1 heterocycles. The Balaban J connectivity index is 2.44. The summed E-state index contributed by atoms with van der Waals surface area (Å²) in [5.74, 6) is 0.864. The molecule has 0 amide bonds. The number of aliphatic hydroxyl groups excluding tert-OH is 1. The molecule has 0 bridgehead atoms. The van der Waals surface area contributed by atoms with E-state index in [4.69, 9.17) is 9.84 Å². The van der Waals surface area contributed by atoms with Gasteiger partial charge in [-0.05, 0) is 23.8 Å². The molecule has 0 saturated carbocycles. The number of rotatable bonds is 1. The van der Waals surface area contributed by atoms with Gasteiger partial charge < -0.3 is 9.84 Å². The molecule has 0 radical (unpaired) electrons. The minimum absolute atomic E-state index is 0.0604. The van der Waals surface area contributed by atoms with Crippen molar-refractivity contribution >= 4 is 6.08 Å². The van der Waals surface area contributed by atoms with Crippen LogP contribution in [0.2, 0.25) is 0 Å². The fourth-order valence-electron chi connectivity index (χ4n) is 1.41. The van der Waals surface area contributed by atoms with Crippen LogP contribution in [0.1, 0.15) is 5.56 Å². The number of ether oxygens (including phenoxy) is 1. The van der Waals surface area contributed by atoms with Crippen molar-refractivity contribution in [3.8, 4) is 5.75 Å². The first-order valence-corrected chi connectivity index (χ1v) is 4.60. The zero-order valence-corrected chi connectivity index (χ0v) is 7.81. The molecule has 72 valence electrons. The molecular formula is C12H12O2. The molecule has 1 N–H and O–H groups in total. The van der Waals surface area contributed by atoms with Crippen LogP contribution in [0.3, 0.4) is 0 Å². The number of aliphatic hydroxyl groups is 1. The van der Waals surface area contributed by atoms with E-state index in [0.717, 1.165) is 16.9 Å². The van der Waals surface area contributed by atoms with Crippen LogP contribution in [-0.2, 0) is 0 Å².